The highest BCUT2D eigenvalue weighted by atomic mass is 32.2. The van der Waals surface area contributed by atoms with E-state index < -0.39 is 10.0 Å². The van der Waals surface area contributed by atoms with Crippen molar-refractivity contribution in [3.8, 4) is 23.0 Å². The minimum atomic E-state index is -4.15. The molecule has 45 heavy (non-hydrogen) atoms. The van der Waals surface area contributed by atoms with Crippen LogP contribution in [-0.4, -0.2) is 58.4 Å². The molecule has 1 aliphatic carbocycles. The first-order valence-corrected chi connectivity index (χ1v) is 16.6. The first-order chi connectivity index (χ1) is 21.6. The Kier molecular flexibility index (Phi) is 7.19. The van der Waals surface area contributed by atoms with Crippen molar-refractivity contribution in [2.24, 2.45) is 5.41 Å². The largest absolute Gasteiger partial charge is 0.476 e. The van der Waals surface area contributed by atoms with Gasteiger partial charge >= 0.3 is 0 Å². The van der Waals surface area contributed by atoms with Gasteiger partial charge in [-0.15, -0.1) is 0 Å². The smallest absolute Gasteiger partial charge is 0.264 e. The van der Waals surface area contributed by atoms with Crippen LogP contribution >= 0.6 is 0 Å². The highest BCUT2D eigenvalue weighted by Crippen LogP contribution is 2.49. The van der Waals surface area contributed by atoms with Crippen molar-refractivity contribution in [2.75, 3.05) is 17.9 Å². The summed E-state index contributed by atoms with van der Waals surface area (Å²) < 4.78 is 41.7. The lowest BCUT2D eigenvalue weighted by Gasteiger charge is -2.33. The maximum Gasteiger partial charge on any atom is 0.264 e. The quantitative estimate of drug-likeness (QED) is 0.329. The van der Waals surface area contributed by atoms with Gasteiger partial charge in [-0.25, -0.2) is 28.1 Å². The first-order valence-electron chi connectivity index (χ1n) is 15.1. The van der Waals surface area contributed by atoms with Crippen LogP contribution in [0.5, 0.6) is 11.8 Å². The van der Waals surface area contributed by atoms with Crippen molar-refractivity contribution in [3.63, 3.8) is 0 Å². The summed E-state index contributed by atoms with van der Waals surface area (Å²) in [7, 11) is -4.15. The molecular weight excluding hydrogens is 592 g/mol. The lowest BCUT2D eigenvalue weighted by atomic mass is 9.97. The van der Waals surface area contributed by atoms with Crippen LogP contribution in [0.4, 0.5) is 5.95 Å². The summed E-state index contributed by atoms with van der Waals surface area (Å²) in [5.41, 5.74) is 5.05. The van der Waals surface area contributed by atoms with Crippen LogP contribution in [0.15, 0.2) is 59.6 Å². The predicted molar refractivity (Wildman–Crippen MR) is 167 cm³/mol. The molecule has 4 bridgehead atoms. The maximum atomic E-state index is 14.3. The number of aromatic nitrogens is 4. The normalized spacial score (nSPS) is 19.6. The van der Waals surface area contributed by atoms with Crippen LogP contribution in [0.25, 0.3) is 11.3 Å². The van der Waals surface area contributed by atoms with E-state index in [9.17, 15) is 13.2 Å². The van der Waals surface area contributed by atoms with E-state index in [2.05, 4.69) is 26.6 Å². The van der Waals surface area contributed by atoms with E-state index in [0.717, 1.165) is 35.2 Å². The molecule has 0 unspecified atom stereocenters. The van der Waals surface area contributed by atoms with Gasteiger partial charge in [0.05, 0.1) is 41.7 Å². The van der Waals surface area contributed by atoms with Crippen molar-refractivity contribution in [3.05, 3.63) is 82.8 Å². The molecule has 0 spiro atoms. The number of fused-ring (bicyclic) bond motifs is 5. The molecule has 7 rings (SSSR count). The fourth-order valence-electron chi connectivity index (χ4n) is 6.06. The number of nitrogens with one attached hydrogen (secondary N) is 1. The molecule has 232 valence electrons. The van der Waals surface area contributed by atoms with E-state index >= 15 is 0 Å². The third-order valence-electron chi connectivity index (χ3n) is 8.78. The van der Waals surface area contributed by atoms with Crippen LogP contribution in [-0.2, 0) is 23.0 Å². The van der Waals surface area contributed by atoms with E-state index in [0.29, 0.717) is 36.7 Å². The average Bonchev–Trinajstić information content (AvgIpc) is 3.55. The Balaban J connectivity index is 1.35. The van der Waals surface area contributed by atoms with Crippen molar-refractivity contribution in [1.82, 2.24) is 24.8 Å². The minimum Gasteiger partial charge on any atom is -0.476 e. The number of carbonyl (C=O) groups is 1. The Morgan fingerprint density at radius 1 is 1.02 bits per heavy atom. The minimum absolute atomic E-state index is 0.0605. The number of rotatable bonds is 5. The second-order valence-corrected chi connectivity index (χ2v) is 14.1. The molecule has 2 aromatic heterocycles. The Bertz CT molecular complexity index is 1910. The van der Waals surface area contributed by atoms with Crippen LogP contribution in [0.1, 0.15) is 59.1 Å². The van der Waals surface area contributed by atoms with Crippen molar-refractivity contribution < 1.29 is 22.7 Å². The van der Waals surface area contributed by atoms with Gasteiger partial charge in [-0.05, 0) is 67.9 Å². The topological polar surface area (TPSA) is 136 Å². The Hall–Kier alpha value is -4.58. The van der Waals surface area contributed by atoms with E-state index in [4.69, 9.17) is 14.5 Å². The SMILES string of the molecule is Cc1cccc(C)c1-c1cc2nc(n1)NS(=O)(=O)c1cccc(c1)C(=O)N(Cc1cnc3c(n1)CCO3)[C@H](CC1(C)CC1)CO2. The summed E-state index contributed by atoms with van der Waals surface area (Å²) in [6, 6.07) is 13.3. The van der Waals surface area contributed by atoms with Gasteiger partial charge in [0.2, 0.25) is 17.7 Å². The van der Waals surface area contributed by atoms with Crippen LogP contribution in [0.2, 0.25) is 0 Å². The number of hydrogen-bond acceptors (Lipinski definition) is 9. The zero-order chi connectivity index (χ0) is 31.3. The third-order valence-corrected chi connectivity index (χ3v) is 10.1. The van der Waals surface area contributed by atoms with Crippen molar-refractivity contribution >= 4 is 21.9 Å². The summed E-state index contributed by atoms with van der Waals surface area (Å²) in [6.45, 7) is 7.00. The summed E-state index contributed by atoms with van der Waals surface area (Å²) in [5, 5.41) is 0. The summed E-state index contributed by atoms with van der Waals surface area (Å²) in [6.07, 6.45) is 5.08. The van der Waals surface area contributed by atoms with Gasteiger partial charge in [-0.2, -0.15) is 4.98 Å². The van der Waals surface area contributed by atoms with E-state index in [1.807, 2.05) is 32.0 Å². The fourth-order valence-corrected chi connectivity index (χ4v) is 7.05. The lowest BCUT2D eigenvalue weighted by Crippen LogP contribution is -2.44. The third kappa shape index (κ3) is 5.94. The van der Waals surface area contributed by atoms with Gasteiger partial charge < -0.3 is 14.4 Å². The molecule has 1 N–H and O–H groups in total. The second kappa shape index (κ2) is 11.1. The van der Waals surface area contributed by atoms with Gasteiger partial charge in [-0.3, -0.25) is 4.79 Å². The maximum absolute atomic E-state index is 14.3. The number of nitrogens with zero attached hydrogens (tertiary/aromatic N) is 5. The molecule has 4 aromatic rings. The average molecular weight is 627 g/mol. The number of hydrogen-bond donors (Lipinski definition) is 1. The van der Waals surface area contributed by atoms with Gasteiger partial charge in [0.25, 0.3) is 15.9 Å². The summed E-state index contributed by atoms with van der Waals surface area (Å²) >= 11 is 0. The molecule has 2 aliphatic heterocycles. The molecule has 0 radical (unpaired) electrons. The Morgan fingerprint density at radius 3 is 2.58 bits per heavy atom. The zero-order valence-corrected chi connectivity index (χ0v) is 26.2. The molecule has 11 nitrogen and oxygen atoms in total. The number of sulfonamides is 1. The Morgan fingerprint density at radius 2 is 1.80 bits per heavy atom. The number of anilines is 1. The van der Waals surface area contributed by atoms with Gasteiger partial charge in [0, 0.05) is 23.6 Å². The fraction of sp³-hybridized carbons (Fsp3) is 0.364. The molecule has 0 saturated heterocycles. The molecule has 1 saturated carbocycles. The monoisotopic (exact) mass is 626 g/mol. The number of aryl methyl sites for hydroxylation is 2. The van der Waals surface area contributed by atoms with Gasteiger partial charge in [-0.1, -0.05) is 31.2 Å². The van der Waals surface area contributed by atoms with E-state index in [1.165, 1.54) is 12.1 Å². The predicted octanol–water partition coefficient (Wildman–Crippen LogP) is 4.88. The Labute approximate surface area is 262 Å². The van der Waals surface area contributed by atoms with Crippen LogP contribution in [0.3, 0.4) is 0 Å². The molecule has 1 atom stereocenters. The molecule has 3 aliphatic rings. The first kappa shape index (κ1) is 29.1. The molecular formula is C33H34N6O5S. The molecule has 12 heteroatoms. The van der Waals surface area contributed by atoms with E-state index in [1.54, 1.807) is 29.3 Å². The summed E-state index contributed by atoms with van der Waals surface area (Å²) in [4.78, 5) is 34.3. The van der Waals surface area contributed by atoms with Gasteiger partial charge in [0.1, 0.15) is 12.3 Å². The molecule has 2 aromatic carbocycles. The highest BCUT2D eigenvalue weighted by Gasteiger charge is 2.42. The number of amides is 1. The highest BCUT2D eigenvalue weighted by molar-refractivity contribution is 7.92. The molecule has 4 heterocycles. The number of benzene rings is 2. The molecule has 1 amide bonds. The van der Waals surface area contributed by atoms with Crippen LogP contribution < -0.4 is 14.2 Å². The second-order valence-electron chi connectivity index (χ2n) is 12.4. The van der Waals surface area contributed by atoms with Crippen molar-refractivity contribution in [2.45, 2.75) is 63.9 Å². The molecule has 1 fully saturated rings. The number of carbonyl (C=O) groups excluding carboxylic acids is 1. The van der Waals surface area contributed by atoms with Crippen molar-refractivity contribution in [1.29, 1.82) is 0 Å². The lowest BCUT2D eigenvalue weighted by molar-refractivity contribution is 0.0537. The number of ether oxygens (including phenoxy) is 2. The van der Waals surface area contributed by atoms with E-state index in [-0.39, 0.29) is 52.8 Å². The summed E-state index contributed by atoms with van der Waals surface area (Å²) in [5.74, 6) is 0.292. The van der Waals surface area contributed by atoms with Gasteiger partial charge in [0.15, 0.2) is 0 Å². The zero-order valence-electron chi connectivity index (χ0n) is 25.4. The van der Waals surface area contributed by atoms with Crippen LogP contribution in [0, 0.1) is 19.3 Å². The standard InChI is InChI=1S/C33H34N6O5S/c1-20-6-4-7-21(2)29(20)27-15-28-37-32(36-27)38-45(41,42)25-9-5-8-22(14-25)31(40)39(24(19-44-28)16-33(3)11-12-33)18-23-17-34-30-26(35-23)10-13-43-30/h4-9,14-15,17,24H,10-13,16,18-19H2,1-3H3,(H,36,37,38)/t24-/m1/s1.